The second-order valence-electron chi connectivity index (χ2n) is 30.5. The topological polar surface area (TPSA) is 182 Å². The third-order valence-corrected chi connectivity index (χ3v) is 24.5. The van der Waals surface area contributed by atoms with E-state index < -0.39 is 11.6 Å². The highest BCUT2D eigenvalue weighted by Gasteiger charge is 2.22. The molecular weight excluding hydrogens is 2060 g/mol. The molecule has 0 radical (unpaired) electrons. The van der Waals surface area contributed by atoms with E-state index in [9.17, 15) is 9.59 Å². The monoisotopic (exact) mass is 2140 g/mol. The normalized spacial score (nSPS) is 10.6. The van der Waals surface area contributed by atoms with E-state index in [0.29, 0.717) is 22.5 Å². The van der Waals surface area contributed by atoms with Gasteiger partial charge in [-0.05, 0) is 243 Å². The number of para-hydroxylation sites is 14. The maximum Gasteiger partial charge on any atom is 0.233 e. The molecule has 3 heterocycles. The van der Waals surface area contributed by atoms with E-state index >= 15 is 0 Å². The quantitative estimate of drug-likeness (QED) is 0.0445. The molecule has 0 aliphatic carbocycles. The van der Waals surface area contributed by atoms with E-state index in [1.807, 2.05) is 218 Å². The number of nitrogens with one attached hydrogen (secondary N) is 1. The molecule has 0 unspecified atom stereocenters. The lowest BCUT2D eigenvalue weighted by Crippen LogP contribution is -2.14. The van der Waals surface area contributed by atoms with Crippen molar-refractivity contribution in [1.82, 2.24) is 29.9 Å². The summed E-state index contributed by atoms with van der Waals surface area (Å²) < 4.78 is 5.93. The number of nitrogens with two attached hydrogens (primary N) is 2. The van der Waals surface area contributed by atoms with Gasteiger partial charge in [-0.2, -0.15) is 0 Å². The largest absolute Gasteiger partial charge is 0.397 e. The molecule has 656 valence electrons. The Morgan fingerprint density at radius 3 is 0.556 bits per heavy atom. The molecule has 135 heavy (non-hydrogen) atoms. The summed E-state index contributed by atoms with van der Waals surface area (Å²) >= 11 is 20.5. The standard InChI is InChI=1S/C44H32N4.2C20H12Br2N2.C14H8Br2O2.C12H11N.C6H8N2/c1-5-15-35(16-6-1)47(36-17-7-2-8-18-36)39-29-25-33(26-30-39)43-44(46-42-24-14-13-23-41(42)45-43)34-27-31-40(32-28-34)48(37-19-9-3-10-20-37)38-21-11-4-12-22-38;2*21-15-9-5-13(6-10-15)19-20(14-7-11-16(22)12-8-14)24-18-4-2-1-3-17(18)23-19;15-11-5-1-9(2-6-11)13(17)14(18)10-3-7-12(16)8-4-10;1-3-7-11(8-4-1)13-12-9-5-2-6-10-12;7-5-3-1-2-4-6(5)8/h1-32H;2*1-12H;1-8H;1-10,13H;1-4H,7-8H2. The van der Waals surface area contributed by atoms with Gasteiger partial charge in [0.25, 0.3) is 0 Å². The minimum absolute atomic E-state index is 0.395. The molecule has 0 aliphatic heterocycles. The number of anilines is 10. The van der Waals surface area contributed by atoms with Crippen molar-refractivity contribution in [3.05, 3.63) is 511 Å². The second-order valence-corrected chi connectivity index (χ2v) is 36.0. The third-order valence-electron chi connectivity index (χ3n) is 21.3. The van der Waals surface area contributed by atoms with Gasteiger partial charge in [-0.3, -0.25) is 9.59 Å². The Morgan fingerprint density at radius 2 is 0.356 bits per heavy atom. The number of carbonyl (C=O) groups is 2. The van der Waals surface area contributed by atoms with Crippen molar-refractivity contribution >= 4 is 197 Å². The minimum Gasteiger partial charge on any atom is -0.397 e. The fourth-order valence-corrected chi connectivity index (χ4v) is 16.1. The van der Waals surface area contributed by atoms with Gasteiger partial charge in [-0.15, -0.1) is 0 Å². The van der Waals surface area contributed by atoms with Crippen molar-refractivity contribution in [3.63, 3.8) is 0 Å². The zero-order valence-corrected chi connectivity index (χ0v) is 81.9. The van der Waals surface area contributed by atoms with Crippen molar-refractivity contribution in [3.8, 4) is 67.5 Å². The Kier molecular flexibility index (Phi) is 31.9. The van der Waals surface area contributed by atoms with Crippen molar-refractivity contribution in [2.45, 2.75) is 0 Å². The number of rotatable bonds is 17. The molecule has 0 amide bonds. The Bertz CT molecular complexity index is 6820. The predicted octanol–water partition coefficient (Wildman–Crippen LogP) is 33.4. The number of ketones is 2. The zero-order chi connectivity index (χ0) is 93.2. The SMILES string of the molecule is Brc1ccc(-c2nc3ccccc3nc2-c2ccc(Br)cc2)cc1.Brc1ccc(-c2nc3ccccc3nc2-c2ccc(Br)cc2)cc1.Nc1ccccc1N.O=C(C(=O)c1ccc(Br)cc1)c1ccc(Br)cc1.c1ccc(N(c2ccccc2)c2ccc(-c3nc4ccccc4nc3-c3ccc(N(c4ccccc4)c4ccccc4)cc3)cc2)cc1.c1ccc(Nc2ccccc2)cc1. The molecule has 19 heteroatoms. The summed E-state index contributed by atoms with van der Waals surface area (Å²) in [5, 5.41) is 3.30. The van der Waals surface area contributed by atoms with Crippen LogP contribution in [0.25, 0.3) is 101 Å². The summed E-state index contributed by atoms with van der Waals surface area (Å²) in [6.07, 6.45) is 0. The van der Waals surface area contributed by atoms with Gasteiger partial charge in [-0.1, -0.05) is 326 Å². The number of nitrogen functional groups attached to an aromatic ring is 2. The molecule has 0 bridgehead atoms. The highest BCUT2D eigenvalue weighted by molar-refractivity contribution is 9.11. The van der Waals surface area contributed by atoms with Crippen LogP contribution < -0.4 is 26.6 Å². The lowest BCUT2D eigenvalue weighted by Gasteiger charge is -2.26. The van der Waals surface area contributed by atoms with E-state index in [-0.39, 0.29) is 0 Å². The van der Waals surface area contributed by atoms with Crippen LogP contribution in [-0.2, 0) is 0 Å². The predicted molar refractivity (Wildman–Crippen MR) is 580 cm³/mol. The molecule has 0 atom stereocenters. The van der Waals surface area contributed by atoms with E-state index in [0.717, 1.165) is 173 Å². The molecule has 21 rings (SSSR count). The number of halogens is 6. The number of fused-ring (bicyclic) bond motifs is 3. The highest BCUT2D eigenvalue weighted by atomic mass is 79.9. The molecule has 0 aliphatic rings. The van der Waals surface area contributed by atoms with E-state index in [4.69, 9.17) is 41.4 Å². The van der Waals surface area contributed by atoms with Crippen LogP contribution in [0, 0.1) is 0 Å². The summed E-state index contributed by atoms with van der Waals surface area (Å²) in [7, 11) is 0. The Balaban J connectivity index is 0.000000129. The number of benzene rings is 18. The van der Waals surface area contributed by atoms with Gasteiger partial charge in [0.15, 0.2) is 0 Å². The van der Waals surface area contributed by atoms with Crippen LogP contribution in [0.3, 0.4) is 0 Å². The Morgan fingerprint density at radius 1 is 0.193 bits per heavy atom. The van der Waals surface area contributed by atoms with Crippen LogP contribution in [0.1, 0.15) is 20.7 Å². The Hall–Kier alpha value is -14.8. The maximum absolute atomic E-state index is 12.0. The lowest BCUT2D eigenvalue weighted by atomic mass is 10.0. The van der Waals surface area contributed by atoms with Crippen molar-refractivity contribution in [2.24, 2.45) is 0 Å². The highest BCUT2D eigenvalue weighted by Crippen LogP contribution is 2.42. The molecule has 0 saturated heterocycles. The van der Waals surface area contributed by atoms with Gasteiger partial charge in [0, 0.05) is 117 Å². The average Bonchev–Trinajstić information content (AvgIpc) is 0.716. The molecule has 18 aromatic carbocycles. The first-order valence-electron chi connectivity index (χ1n) is 43.0. The van der Waals surface area contributed by atoms with Crippen LogP contribution in [0.5, 0.6) is 0 Å². The average molecular weight is 2140 g/mol. The smallest absolute Gasteiger partial charge is 0.233 e. The van der Waals surface area contributed by atoms with Crippen molar-refractivity contribution < 1.29 is 9.59 Å². The second kappa shape index (κ2) is 46.0. The molecule has 0 spiro atoms. The first-order valence-corrected chi connectivity index (χ1v) is 47.7. The first kappa shape index (κ1) is 93.4. The van der Waals surface area contributed by atoms with Crippen LogP contribution in [0.4, 0.5) is 56.9 Å². The van der Waals surface area contributed by atoms with Crippen LogP contribution in [0.2, 0.25) is 0 Å². The molecule has 3 aromatic heterocycles. The third kappa shape index (κ3) is 24.8. The summed E-state index contributed by atoms with van der Waals surface area (Å²) in [5.41, 5.74) is 38.5. The summed E-state index contributed by atoms with van der Waals surface area (Å²) in [6, 6.07) is 157. The van der Waals surface area contributed by atoms with Gasteiger partial charge in [0.05, 0.1) is 78.6 Å². The summed E-state index contributed by atoms with van der Waals surface area (Å²) in [6.45, 7) is 0. The molecule has 13 nitrogen and oxygen atoms in total. The van der Waals surface area contributed by atoms with Crippen LogP contribution >= 0.6 is 95.6 Å². The number of nitrogens with zero attached hydrogens (tertiary/aromatic N) is 8. The fourth-order valence-electron chi connectivity index (χ4n) is 14.6. The van der Waals surface area contributed by atoms with E-state index in [1.165, 1.54) is 0 Å². The zero-order valence-electron chi connectivity index (χ0n) is 72.4. The van der Waals surface area contributed by atoms with Crippen molar-refractivity contribution in [2.75, 3.05) is 26.6 Å². The van der Waals surface area contributed by atoms with Gasteiger partial charge in [-0.25, -0.2) is 29.9 Å². The molecule has 0 fully saturated rings. The van der Waals surface area contributed by atoms with Gasteiger partial charge in [0.1, 0.15) is 0 Å². The molecular formula is C116H83Br6N11O2. The van der Waals surface area contributed by atoms with E-state index in [1.54, 1.807) is 60.7 Å². The number of carbonyl (C=O) groups excluding carboxylic acids is 2. The van der Waals surface area contributed by atoms with E-state index in [2.05, 4.69) is 305 Å². The number of hydrogen-bond acceptors (Lipinski definition) is 13. The van der Waals surface area contributed by atoms with Crippen LogP contribution in [-0.4, -0.2) is 41.5 Å². The summed E-state index contributed by atoms with van der Waals surface area (Å²) in [4.78, 5) is 58.4. The lowest BCUT2D eigenvalue weighted by molar-refractivity contribution is 0.0817. The molecule has 0 saturated carbocycles. The fraction of sp³-hybridized carbons (Fsp3) is 0. The first-order chi connectivity index (χ1) is 66.1. The number of aromatic nitrogens is 6. The van der Waals surface area contributed by atoms with Gasteiger partial charge >= 0.3 is 0 Å². The van der Waals surface area contributed by atoms with Crippen molar-refractivity contribution in [1.29, 1.82) is 0 Å². The van der Waals surface area contributed by atoms with Gasteiger partial charge < -0.3 is 26.6 Å². The number of Topliss-reactive ketones (excluding diaryl/α,β-unsaturated/α-hetero) is 2. The van der Waals surface area contributed by atoms with Gasteiger partial charge in [0.2, 0.25) is 11.6 Å². The summed E-state index contributed by atoms with van der Waals surface area (Å²) in [5.74, 6) is -0.991. The number of hydrogen-bond donors (Lipinski definition) is 3. The minimum atomic E-state index is -0.496. The molecule has 5 N–H and O–H groups in total. The van der Waals surface area contributed by atoms with Crippen LogP contribution in [0.15, 0.2) is 500 Å². The Labute approximate surface area is 834 Å². The maximum atomic E-state index is 12.0. The molecule has 21 aromatic rings.